The molecule has 5 heteroatoms. The summed E-state index contributed by atoms with van der Waals surface area (Å²) in [6.07, 6.45) is 4.59. The quantitative estimate of drug-likeness (QED) is 0.438. The van der Waals surface area contributed by atoms with E-state index in [-0.39, 0.29) is 12.8 Å². The van der Waals surface area contributed by atoms with Crippen LogP contribution in [0.4, 0.5) is 0 Å². The van der Waals surface area contributed by atoms with Crippen molar-refractivity contribution in [1.82, 2.24) is 0 Å². The summed E-state index contributed by atoms with van der Waals surface area (Å²) in [7, 11) is 1.62. The van der Waals surface area contributed by atoms with Crippen molar-refractivity contribution in [2.24, 2.45) is 0 Å². The van der Waals surface area contributed by atoms with Gasteiger partial charge in [-0.25, -0.2) is 4.79 Å². The van der Waals surface area contributed by atoms with Crippen LogP contribution in [0.2, 0.25) is 0 Å². The second-order valence-corrected chi connectivity index (χ2v) is 5.53. The summed E-state index contributed by atoms with van der Waals surface area (Å²) >= 11 is 0. The second kappa shape index (κ2) is 8.24. The molecule has 0 spiro atoms. The lowest BCUT2D eigenvalue weighted by atomic mass is 10.1. The van der Waals surface area contributed by atoms with Crippen LogP contribution in [0.5, 0.6) is 17.2 Å². The smallest absolute Gasteiger partial charge is 0.330 e. The molecule has 0 aliphatic carbocycles. The molecule has 0 fully saturated rings. The highest BCUT2D eigenvalue weighted by molar-refractivity contribution is 5.87. The Morgan fingerprint density at radius 2 is 1.92 bits per heavy atom. The third-order valence-corrected chi connectivity index (χ3v) is 3.82. The van der Waals surface area contributed by atoms with Crippen LogP contribution in [0.25, 0.3) is 6.08 Å². The van der Waals surface area contributed by atoms with Gasteiger partial charge in [-0.2, -0.15) is 0 Å². The van der Waals surface area contributed by atoms with Gasteiger partial charge in [-0.05, 0) is 36.1 Å². The Morgan fingerprint density at radius 3 is 2.68 bits per heavy atom. The summed E-state index contributed by atoms with van der Waals surface area (Å²) in [4.78, 5) is 11.7. The number of hydrogen-bond acceptors (Lipinski definition) is 5. The minimum Gasteiger partial charge on any atom is -0.496 e. The van der Waals surface area contributed by atoms with Gasteiger partial charge in [0.05, 0.1) is 13.7 Å². The van der Waals surface area contributed by atoms with Crippen LogP contribution in [-0.4, -0.2) is 26.5 Å². The van der Waals surface area contributed by atoms with Gasteiger partial charge in [-0.15, -0.1) is 0 Å². The minimum atomic E-state index is -0.346. The van der Waals surface area contributed by atoms with Gasteiger partial charge < -0.3 is 18.9 Å². The standard InChI is InChI=1S/C20H20O5/c1-22-17-13-19-18(24-14-25-19)12-16(17)8-5-11-23-20(21)10-9-15-6-3-2-4-7-15/h2-4,6-7,9-10,12-13H,5,8,11,14H2,1H3. The lowest BCUT2D eigenvalue weighted by Gasteiger charge is -2.10. The molecule has 2 aromatic carbocycles. The molecule has 0 aromatic heterocycles. The molecule has 0 amide bonds. The highest BCUT2D eigenvalue weighted by atomic mass is 16.7. The van der Waals surface area contributed by atoms with E-state index in [4.69, 9.17) is 18.9 Å². The number of methoxy groups -OCH3 is 1. The Morgan fingerprint density at radius 1 is 1.16 bits per heavy atom. The first-order chi connectivity index (χ1) is 12.3. The summed E-state index contributed by atoms with van der Waals surface area (Å²) in [5.41, 5.74) is 1.96. The third kappa shape index (κ3) is 4.53. The van der Waals surface area contributed by atoms with Crippen molar-refractivity contribution in [3.8, 4) is 17.2 Å². The van der Waals surface area contributed by atoms with Crippen molar-refractivity contribution in [3.63, 3.8) is 0 Å². The number of carbonyl (C=O) groups excluding carboxylic acids is 1. The van der Waals surface area contributed by atoms with E-state index in [1.807, 2.05) is 42.5 Å². The van der Waals surface area contributed by atoms with Crippen LogP contribution in [-0.2, 0) is 16.0 Å². The minimum absolute atomic E-state index is 0.229. The molecule has 1 aliphatic heterocycles. The highest BCUT2D eigenvalue weighted by Crippen LogP contribution is 2.38. The summed E-state index contributed by atoms with van der Waals surface area (Å²) in [5.74, 6) is 1.82. The summed E-state index contributed by atoms with van der Waals surface area (Å²) in [6, 6.07) is 13.4. The van der Waals surface area contributed by atoms with Crippen LogP contribution in [0.15, 0.2) is 48.5 Å². The van der Waals surface area contributed by atoms with Crippen molar-refractivity contribution in [3.05, 3.63) is 59.7 Å². The van der Waals surface area contributed by atoms with Crippen LogP contribution < -0.4 is 14.2 Å². The number of ether oxygens (including phenoxy) is 4. The number of rotatable bonds is 7. The van der Waals surface area contributed by atoms with E-state index in [0.29, 0.717) is 18.8 Å². The van der Waals surface area contributed by atoms with Gasteiger partial charge in [0, 0.05) is 12.1 Å². The van der Waals surface area contributed by atoms with Gasteiger partial charge in [0.2, 0.25) is 6.79 Å². The van der Waals surface area contributed by atoms with E-state index < -0.39 is 0 Å². The molecule has 130 valence electrons. The van der Waals surface area contributed by atoms with E-state index in [1.54, 1.807) is 13.2 Å². The molecular formula is C20H20O5. The molecule has 5 nitrogen and oxygen atoms in total. The zero-order valence-corrected chi connectivity index (χ0v) is 14.1. The Bertz CT molecular complexity index is 752. The van der Waals surface area contributed by atoms with Crippen molar-refractivity contribution in [2.45, 2.75) is 12.8 Å². The van der Waals surface area contributed by atoms with Gasteiger partial charge in [0.1, 0.15) is 5.75 Å². The maximum Gasteiger partial charge on any atom is 0.330 e. The molecule has 2 aromatic rings. The lowest BCUT2D eigenvalue weighted by molar-refractivity contribution is -0.137. The monoisotopic (exact) mass is 340 g/mol. The van der Waals surface area contributed by atoms with Gasteiger partial charge in [-0.1, -0.05) is 30.3 Å². The lowest BCUT2D eigenvalue weighted by Crippen LogP contribution is -2.04. The fraction of sp³-hybridized carbons (Fsp3) is 0.250. The zero-order valence-electron chi connectivity index (χ0n) is 14.1. The molecule has 0 radical (unpaired) electrons. The zero-order chi connectivity index (χ0) is 17.5. The van der Waals surface area contributed by atoms with E-state index in [9.17, 15) is 4.79 Å². The van der Waals surface area contributed by atoms with Crippen molar-refractivity contribution in [1.29, 1.82) is 0 Å². The largest absolute Gasteiger partial charge is 0.496 e. The van der Waals surface area contributed by atoms with Gasteiger partial charge in [-0.3, -0.25) is 0 Å². The third-order valence-electron chi connectivity index (χ3n) is 3.82. The van der Waals surface area contributed by atoms with Crippen molar-refractivity contribution < 1.29 is 23.7 Å². The molecule has 0 bridgehead atoms. The molecule has 0 unspecified atom stereocenters. The Balaban J connectivity index is 1.47. The normalized spacial score (nSPS) is 12.4. The SMILES string of the molecule is COc1cc2c(cc1CCCOC(=O)C=Cc1ccccc1)OCO2. The molecule has 3 rings (SSSR count). The summed E-state index contributed by atoms with van der Waals surface area (Å²) < 4.78 is 21.3. The average molecular weight is 340 g/mol. The predicted molar refractivity (Wildman–Crippen MR) is 93.9 cm³/mol. The molecule has 0 N–H and O–H groups in total. The van der Waals surface area contributed by atoms with E-state index in [1.165, 1.54) is 6.08 Å². The van der Waals surface area contributed by atoms with Crippen LogP contribution >= 0.6 is 0 Å². The van der Waals surface area contributed by atoms with Gasteiger partial charge in [0.25, 0.3) is 0 Å². The van der Waals surface area contributed by atoms with E-state index in [2.05, 4.69) is 0 Å². The maximum atomic E-state index is 11.7. The number of fused-ring (bicyclic) bond motifs is 1. The number of hydrogen-bond donors (Lipinski definition) is 0. The van der Waals surface area contributed by atoms with Crippen LogP contribution in [0.3, 0.4) is 0 Å². The first-order valence-electron chi connectivity index (χ1n) is 8.12. The molecule has 1 aliphatic rings. The van der Waals surface area contributed by atoms with Crippen molar-refractivity contribution in [2.75, 3.05) is 20.5 Å². The molecular weight excluding hydrogens is 320 g/mol. The predicted octanol–water partition coefficient (Wildman–Crippen LogP) is 3.61. The molecule has 0 atom stereocenters. The maximum absolute atomic E-state index is 11.7. The summed E-state index contributed by atoms with van der Waals surface area (Å²) in [6.45, 7) is 0.572. The first kappa shape index (κ1) is 16.9. The molecule has 25 heavy (non-hydrogen) atoms. The topological polar surface area (TPSA) is 54.0 Å². The number of carbonyl (C=O) groups is 1. The second-order valence-electron chi connectivity index (χ2n) is 5.53. The Labute approximate surface area is 146 Å². The average Bonchev–Trinajstić information content (AvgIpc) is 3.11. The first-order valence-corrected chi connectivity index (χ1v) is 8.12. The highest BCUT2D eigenvalue weighted by Gasteiger charge is 2.17. The van der Waals surface area contributed by atoms with Gasteiger partial charge >= 0.3 is 5.97 Å². The fourth-order valence-electron chi connectivity index (χ4n) is 2.56. The Kier molecular flexibility index (Phi) is 5.57. The van der Waals surface area contributed by atoms with Gasteiger partial charge in [0.15, 0.2) is 11.5 Å². The molecule has 0 saturated carbocycles. The number of benzene rings is 2. The fourth-order valence-corrected chi connectivity index (χ4v) is 2.56. The molecule has 1 heterocycles. The Hall–Kier alpha value is -2.95. The van der Waals surface area contributed by atoms with E-state index in [0.717, 1.165) is 29.0 Å². The molecule has 0 saturated heterocycles. The van der Waals surface area contributed by atoms with Crippen LogP contribution in [0.1, 0.15) is 17.5 Å². The number of esters is 1. The van der Waals surface area contributed by atoms with Crippen LogP contribution in [0, 0.1) is 0 Å². The summed E-state index contributed by atoms with van der Waals surface area (Å²) in [5, 5.41) is 0. The number of aryl methyl sites for hydroxylation is 1. The van der Waals surface area contributed by atoms with Crippen molar-refractivity contribution >= 4 is 12.0 Å². The van der Waals surface area contributed by atoms with E-state index >= 15 is 0 Å².